The fraction of sp³-hybridized carbons (Fsp3) is 0.412. The Morgan fingerprint density at radius 2 is 2.05 bits per heavy atom. The molecule has 0 amide bonds. The minimum atomic E-state index is -0.593. The van der Waals surface area contributed by atoms with Crippen LogP contribution < -0.4 is 0 Å². The molecule has 3 nitrogen and oxygen atoms in total. The van der Waals surface area contributed by atoms with Gasteiger partial charge >= 0.3 is 0 Å². The monoisotopic (exact) mass is 309 g/mol. The molecule has 1 unspecified atom stereocenters. The van der Waals surface area contributed by atoms with Gasteiger partial charge in [-0.05, 0) is 24.6 Å². The van der Waals surface area contributed by atoms with Gasteiger partial charge in [0.1, 0.15) is 17.4 Å². The zero-order chi connectivity index (χ0) is 15.9. The van der Waals surface area contributed by atoms with Crippen LogP contribution in [0.2, 0.25) is 0 Å². The van der Waals surface area contributed by atoms with Crippen LogP contribution >= 0.6 is 0 Å². The first-order valence-electron chi connectivity index (χ1n) is 7.45. The van der Waals surface area contributed by atoms with Crippen molar-refractivity contribution in [1.82, 2.24) is 4.90 Å². The van der Waals surface area contributed by atoms with Crippen molar-refractivity contribution < 1.29 is 18.3 Å². The summed E-state index contributed by atoms with van der Waals surface area (Å²) in [7, 11) is 0. The summed E-state index contributed by atoms with van der Waals surface area (Å²) >= 11 is 0. The van der Waals surface area contributed by atoms with Crippen LogP contribution in [0.25, 0.3) is 0 Å². The molecular formula is C17H21F2NO2. The Hall–Kier alpha value is -1.72. The van der Waals surface area contributed by atoms with E-state index >= 15 is 0 Å². The number of halogens is 2. The number of nitrogens with zero attached hydrogens (tertiary/aromatic N) is 1. The summed E-state index contributed by atoms with van der Waals surface area (Å²) in [4.78, 5) is 1.90. The van der Waals surface area contributed by atoms with Crippen LogP contribution in [0, 0.1) is 11.6 Å². The van der Waals surface area contributed by atoms with E-state index in [-0.39, 0.29) is 6.54 Å². The largest absolute Gasteiger partial charge is 0.468 e. The Bertz CT molecular complexity index is 572. The van der Waals surface area contributed by atoms with Crippen molar-refractivity contribution in [3.63, 3.8) is 0 Å². The van der Waals surface area contributed by atoms with Gasteiger partial charge in [-0.3, -0.25) is 4.90 Å². The molecule has 1 aromatic heterocycles. The van der Waals surface area contributed by atoms with E-state index in [1.165, 1.54) is 12.1 Å². The third kappa shape index (κ3) is 4.93. The second kappa shape index (κ2) is 8.06. The van der Waals surface area contributed by atoms with Crippen LogP contribution in [0.1, 0.15) is 31.1 Å². The Labute approximate surface area is 129 Å². The normalized spacial score (nSPS) is 12.8. The molecule has 0 aliphatic carbocycles. The summed E-state index contributed by atoms with van der Waals surface area (Å²) in [5, 5.41) is 10.0. The van der Waals surface area contributed by atoms with E-state index in [0.29, 0.717) is 25.1 Å². The molecule has 0 aliphatic heterocycles. The van der Waals surface area contributed by atoms with Gasteiger partial charge in [-0.1, -0.05) is 19.4 Å². The molecule has 1 heterocycles. The summed E-state index contributed by atoms with van der Waals surface area (Å²) in [6.45, 7) is 3.16. The van der Waals surface area contributed by atoms with E-state index in [1.807, 2.05) is 17.9 Å². The molecule has 0 radical (unpaired) electrons. The van der Waals surface area contributed by atoms with E-state index in [0.717, 1.165) is 18.2 Å². The lowest BCUT2D eigenvalue weighted by molar-refractivity contribution is 0.0925. The molecule has 1 N–H and O–H groups in total. The van der Waals surface area contributed by atoms with Crippen molar-refractivity contribution >= 4 is 0 Å². The molecule has 1 aromatic carbocycles. The van der Waals surface area contributed by atoms with Gasteiger partial charge in [-0.15, -0.1) is 0 Å². The fourth-order valence-corrected chi connectivity index (χ4v) is 2.42. The number of benzene rings is 1. The van der Waals surface area contributed by atoms with Gasteiger partial charge in [-0.25, -0.2) is 8.78 Å². The predicted molar refractivity (Wildman–Crippen MR) is 80.1 cm³/mol. The standard InChI is InChI=1S/C17H21F2NO2/c1-2-4-15(21)11-20(12-16-5-3-8-22-16)10-13-6-7-14(18)9-17(13)19/h3,5-9,15,21H,2,4,10-12H2,1H3. The van der Waals surface area contributed by atoms with Crippen LogP contribution in [0.4, 0.5) is 8.78 Å². The van der Waals surface area contributed by atoms with Gasteiger partial charge in [0.05, 0.1) is 18.9 Å². The third-order valence-electron chi connectivity index (χ3n) is 3.46. The van der Waals surface area contributed by atoms with Crippen molar-refractivity contribution in [2.45, 2.75) is 39.0 Å². The SMILES string of the molecule is CCCC(O)CN(Cc1ccco1)Cc1ccc(F)cc1F. The lowest BCUT2D eigenvalue weighted by atomic mass is 10.1. The zero-order valence-corrected chi connectivity index (χ0v) is 12.6. The molecule has 0 spiro atoms. The maximum absolute atomic E-state index is 13.8. The molecule has 2 aromatic rings. The lowest BCUT2D eigenvalue weighted by Crippen LogP contribution is -2.32. The Balaban J connectivity index is 2.08. The summed E-state index contributed by atoms with van der Waals surface area (Å²) < 4.78 is 32.1. The van der Waals surface area contributed by atoms with Crippen LogP contribution in [-0.4, -0.2) is 22.7 Å². The van der Waals surface area contributed by atoms with E-state index in [4.69, 9.17) is 4.42 Å². The van der Waals surface area contributed by atoms with Crippen molar-refractivity contribution in [3.05, 3.63) is 59.6 Å². The molecule has 0 bridgehead atoms. The van der Waals surface area contributed by atoms with E-state index in [1.54, 1.807) is 12.3 Å². The van der Waals surface area contributed by atoms with Crippen LogP contribution in [0.3, 0.4) is 0 Å². The molecule has 5 heteroatoms. The van der Waals surface area contributed by atoms with Crippen molar-refractivity contribution in [3.8, 4) is 0 Å². The first-order valence-corrected chi connectivity index (χ1v) is 7.45. The quantitative estimate of drug-likeness (QED) is 0.807. The van der Waals surface area contributed by atoms with Crippen LogP contribution in [-0.2, 0) is 13.1 Å². The van der Waals surface area contributed by atoms with Crippen LogP contribution in [0.15, 0.2) is 41.0 Å². The molecular weight excluding hydrogens is 288 g/mol. The number of hydrogen-bond acceptors (Lipinski definition) is 3. The Morgan fingerprint density at radius 3 is 2.68 bits per heavy atom. The minimum absolute atomic E-state index is 0.285. The summed E-state index contributed by atoms with van der Waals surface area (Å²) in [6, 6.07) is 7.18. The maximum Gasteiger partial charge on any atom is 0.130 e. The average Bonchev–Trinajstić information content (AvgIpc) is 2.95. The van der Waals surface area contributed by atoms with Crippen molar-refractivity contribution in [2.75, 3.05) is 6.54 Å². The smallest absolute Gasteiger partial charge is 0.130 e. The van der Waals surface area contributed by atoms with E-state index in [9.17, 15) is 13.9 Å². The summed E-state index contributed by atoms with van der Waals surface area (Å²) in [5.41, 5.74) is 0.400. The van der Waals surface area contributed by atoms with Crippen molar-refractivity contribution in [1.29, 1.82) is 0 Å². The second-order valence-electron chi connectivity index (χ2n) is 5.43. The molecule has 0 fully saturated rings. The van der Waals surface area contributed by atoms with E-state index in [2.05, 4.69) is 0 Å². The molecule has 0 aliphatic rings. The number of rotatable bonds is 8. The fourth-order valence-electron chi connectivity index (χ4n) is 2.42. The molecule has 120 valence electrons. The van der Waals surface area contributed by atoms with Gasteiger partial charge in [0, 0.05) is 24.7 Å². The summed E-state index contributed by atoms with van der Waals surface area (Å²) in [6.07, 6.45) is 2.65. The molecule has 22 heavy (non-hydrogen) atoms. The maximum atomic E-state index is 13.8. The third-order valence-corrected chi connectivity index (χ3v) is 3.46. The van der Waals surface area contributed by atoms with Crippen molar-refractivity contribution in [2.24, 2.45) is 0 Å². The molecule has 1 atom stereocenters. The van der Waals surface area contributed by atoms with Gasteiger partial charge in [0.2, 0.25) is 0 Å². The highest BCUT2D eigenvalue weighted by atomic mass is 19.1. The number of furan rings is 1. The second-order valence-corrected chi connectivity index (χ2v) is 5.43. The zero-order valence-electron chi connectivity index (χ0n) is 12.6. The first kappa shape index (κ1) is 16.6. The number of hydrogen-bond donors (Lipinski definition) is 1. The minimum Gasteiger partial charge on any atom is -0.468 e. The highest BCUT2D eigenvalue weighted by Crippen LogP contribution is 2.16. The summed E-state index contributed by atoms with van der Waals surface area (Å²) in [5.74, 6) is -0.425. The average molecular weight is 309 g/mol. The lowest BCUT2D eigenvalue weighted by Gasteiger charge is -2.24. The van der Waals surface area contributed by atoms with Crippen LogP contribution in [0.5, 0.6) is 0 Å². The predicted octanol–water partition coefficient (Wildman–Crippen LogP) is 3.72. The van der Waals surface area contributed by atoms with E-state index < -0.39 is 17.7 Å². The van der Waals surface area contributed by atoms with Gasteiger partial charge in [-0.2, -0.15) is 0 Å². The Morgan fingerprint density at radius 1 is 1.23 bits per heavy atom. The molecule has 0 saturated heterocycles. The Kier molecular flexibility index (Phi) is 6.10. The van der Waals surface area contributed by atoms with Gasteiger partial charge < -0.3 is 9.52 Å². The molecule has 2 rings (SSSR count). The number of aliphatic hydroxyl groups excluding tert-OH is 1. The molecule has 0 saturated carbocycles. The highest BCUT2D eigenvalue weighted by Gasteiger charge is 2.15. The first-order chi connectivity index (χ1) is 10.6. The highest BCUT2D eigenvalue weighted by molar-refractivity contribution is 5.18. The van der Waals surface area contributed by atoms with Gasteiger partial charge in [0.15, 0.2) is 0 Å². The van der Waals surface area contributed by atoms with Gasteiger partial charge in [0.25, 0.3) is 0 Å². The number of aliphatic hydroxyl groups is 1. The topological polar surface area (TPSA) is 36.6 Å².